The fourth-order valence-electron chi connectivity index (χ4n) is 14.6. The first-order valence-electron chi connectivity index (χ1n) is 34.4. The van der Waals surface area contributed by atoms with E-state index in [0.717, 1.165) is 34.4 Å². The number of carbonyl (C=O) groups excluding carboxylic acids is 4. The third-order valence-electron chi connectivity index (χ3n) is 20.9. The Balaban J connectivity index is 1.22. The Morgan fingerprint density at radius 2 is 1.34 bits per heavy atom. The molecule has 16 nitrogen and oxygen atoms in total. The molecule has 3 aliphatic heterocycles. The number of esters is 1. The lowest BCUT2D eigenvalue weighted by molar-refractivity contribution is -0.302. The molecule has 0 aromatic heterocycles. The van der Waals surface area contributed by atoms with E-state index in [1.807, 2.05) is 56.3 Å². The van der Waals surface area contributed by atoms with E-state index in [0.29, 0.717) is 70.6 Å². The maximum atomic E-state index is 14.8. The number of amides is 1. The molecule has 2 aromatic carbocycles. The fourth-order valence-corrected chi connectivity index (χ4v) is 20.4. The Morgan fingerprint density at radius 3 is 1.90 bits per heavy atom. The summed E-state index contributed by atoms with van der Waals surface area (Å²) in [6, 6.07) is 19.3. The van der Waals surface area contributed by atoms with Gasteiger partial charge in [-0.25, -0.2) is 0 Å². The minimum absolute atomic E-state index is 0.0301. The number of allylic oxidation sites excluding steroid dienone is 3. The number of Topliss-reactive ketones (excluding diaryl/α,β-unsaturated/α-hetero) is 1. The van der Waals surface area contributed by atoms with Crippen molar-refractivity contribution in [3.05, 3.63) is 96.6 Å². The van der Waals surface area contributed by atoms with Gasteiger partial charge in [0.05, 0.1) is 42.7 Å². The molecule has 0 spiro atoms. The van der Waals surface area contributed by atoms with Crippen LogP contribution in [0.25, 0.3) is 0 Å². The molecule has 516 valence electrons. The summed E-state index contributed by atoms with van der Waals surface area (Å²) < 4.78 is 51.8. The Kier molecular flexibility index (Phi) is 28.5. The van der Waals surface area contributed by atoms with Gasteiger partial charge in [0.1, 0.15) is 12.2 Å². The number of hydrogen-bond donors (Lipinski definition) is 3. The molecule has 4 aliphatic rings. The first-order valence-corrected chi connectivity index (χ1v) is 39.2. The van der Waals surface area contributed by atoms with Gasteiger partial charge in [0, 0.05) is 58.5 Å². The minimum atomic E-state index is -3.01. The largest absolute Gasteiger partial charge is 0.510 e. The van der Waals surface area contributed by atoms with Crippen LogP contribution in [0.4, 0.5) is 0 Å². The first-order chi connectivity index (χ1) is 43.3. The van der Waals surface area contributed by atoms with Crippen molar-refractivity contribution in [2.75, 3.05) is 27.9 Å². The summed E-state index contributed by atoms with van der Waals surface area (Å²) in [7, 11) is -0.823. The van der Waals surface area contributed by atoms with Gasteiger partial charge < -0.3 is 57.5 Å². The number of unbranched alkanes of at least 4 members (excludes halogenated alkanes) is 3. The molecule has 2 bridgehead atoms. The second-order valence-electron chi connectivity index (χ2n) is 30.0. The summed E-state index contributed by atoms with van der Waals surface area (Å²) in [6.07, 6.45) is 8.12. The highest BCUT2D eigenvalue weighted by Gasteiger charge is 2.57. The van der Waals surface area contributed by atoms with Crippen LogP contribution in [0, 0.1) is 29.6 Å². The van der Waals surface area contributed by atoms with Crippen LogP contribution in [0.2, 0.25) is 23.2 Å². The molecule has 2 saturated heterocycles. The number of carbonyl (C=O) groups is 4. The van der Waals surface area contributed by atoms with Gasteiger partial charge in [0.15, 0.2) is 14.6 Å². The lowest BCUT2D eigenvalue weighted by Crippen LogP contribution is -2.67. The van der Waals surface area contributed by atoms with Gasteiger partial charge in [-0.15, -0.1) is 6.58 Å². The molecule has 1 unspecified atom stereocenters. The number of aliphatic hydroxyl groups is 3. The van der Waals surface area contributed by atoms with Crippen LogP contribution in [-0.4, -0.2) is 155 Å². The van der Waals surface area contributed by atoms with Crippen molar-refractivity contribution >= 4 is 50.6 Å². The predicted molar refractivity (Wildman–Crippen MR) is 366 cm³/mol. The van der Waals surface area contributed by atoms with E-state index in [9.17, 15) is 34.5 Å². The van der Waals surface area contributed by atoms with Crippen molar-refractivity contribution in [3.8, 4) is 0 Å². The van der Waals surface area contributed by atoms with E-state index >= 15 is 0 Å². The van der Waals surface area contributed by atoms with E-state index in [1.54, 1.807) is 28.3 Å². The molecule has 3 heterocycles. The quantitative estimate of drug-likeness (QED) is 0.0371. The second-order valence-corrected chi connectivity index (χ2v) is 38.9. The number of nitrogens with zero attached hydrogens (tertiary/aromatic N) is 1. The van der Waals surface area contributed by atoms with Crippen molar-refractivity contribution in [3.63, 3.8) is 0 Å². The van der Waals surface area contributed by atoms with Crippen molar-refractivity contribution in [2.24, 2.45) is 29.6 Å². The number of benzene rings is 2. The number of fused-ring (bicyclic) bond motifs is 3. The van der Waals surface area contributed by atoms with Gasteiger partial charge in [0.25, 0.3) is 17.7 Å². The lowest BCUT2D eigenvalue weighted by atomic mass is 9.81. The summed E-state index contributed by atoms with van der Waals surface area (Å²) in [5.41, 5.74) is 1.87. The third-order valence-corrected chi connectivity index (χ3v) is 30.3. The molecule has 16 atom stereocenters. The number of rotatable bonds is 20. The molecule has 1 aliphatic carbocycles. The number of hydrogen-bond acceptors (Lipinski definition) is 15. The number of ketones is 1. The summed E-state index contributed by atoms with van der Waals surface area (Å²) in [6.45, 7) is 31.5. The van der Waals surface area contributed by atoms with Crippen LogP contribution in [0.1, 0.15) is 185 Å². The zero-order chi connectivity index (χ0) is 67.9. The van der Waals surface area contributed by atoms with Crippen LogP contribution < -0.4 is 10.4 Å². The Bertz CT molecular complexity index is 2710. The molecule has 18 heteroatoms. The standard InChI is InChI=1S/C74H117NO15Si2/c1-18-31-55-43-49(2)42-50(3)44-63(84-14)68-64(85-15)46-52(5)74(82,88-68)69(79)70(80)75-41-30-29-36-58(75)71(81)87-67(53(6)61(48-59(55)76)89-91(16,17)72(7,8)9)51(4)45-54-39-40-60(62(47-54)83-13)86-65(77)37-27-19-20-28-38-66(78)90-92(73(10,11)12,56-32-23-21-24-33-56)57-34-25-22-26-35-57/h18,21-26,32-35,43,45,50,52-55,58-64,67-68,71,76,81-82H,1,19-20,27-31,36-42,44,46-48H2,2-17H3/t50-,52+,53+,54-,55+,58-,59+,60+,61-,62+,63-,64-,67+,68?,71+,74+/m0/s1. The maximum Gasteiger partial charge on any atom is 0.323 e. The first kappa shape index (κ1) is 76.8. The number of piperidine rings is 1. The Labute approximate surface area is 554 Å². The molecule has 0 radical (unpaired) electrons. The van der Waals surface area contributed by atoms with Crippen molar-refractivity contribution in [1.82, 2.24) is 4.90 Å². The van der Waals surface area contributed by atoms with E-state index < -0.39 is 107 Å². The SMILES string of the molecule is C=CC[C@@H]1C=C(C)C[C@H](C)C[C@H](OC)C2O[C@@](O)(C(=O)C(=O)N3CCCC[C@H]3[C@H](O)O[C@H](C(C)=C[C@@H]3CC[C@@H](OC(=O)CCCCCCC(=O)O[Si](c4ccccc4)(c4ccccc4)C(C)(C)C)[C@H](OC)C3)[C@H](C)[C@@H](O[Si](C)(C)C(C)(C)C)C[C@H]1O)[C@H](C)C[C@@H]2OC. The molecule has 6 rings (SSSR count). The molecule has 92 heavy (non-hydrogen) atoms. The molecular formula is C74H117NO15Si2. The van der Waals surface area contributed by atoms with E-state index in [4.69, 9.17) is 37.3 Å². The second kappa shape index (κ2) is 34.2. The maximum absolute atomic E-state index is 14.8. The monoisotopic (exact) mass is 1320 g/mol. The molecule has 3 fully saturated rings. The number of aliphatic hydroxyl groups excluding tert-OH is 2. The van der Waals surface area contributed by atoms with Gasteiger partial charge in [-0.2, -0.15) is 0 Å². The topological polar surface area (TPSA) is 206 Å². The predicted octanol–water partition coefficient (Wildman–Crippen LogP) is 12.2. The minimum Gasteiger partial charge on any atom is -0.510 e. The summed E-state index contributed by atoms with van der Waals surface area (Å²) in [4.78, 5) is 58.2. The van der Waals surface area contributed by atoms with E-state index in [1.165, 1.54) is 4.90 Å². The highest BCUT2D eigenvalue weighted by Crippen LogP contribution is 2.44. The summed E-state index contributed by atoms with van der Waals surface area (Å²) in [5.74, 6) is -6.71. The average Bonchev–Trinajstić information content (AvgIpc) is 0.762. The zero-order valence-electron chi connectivity index (χ0n) is 58.8. The van der Waals surface area contributed by atoms with Gasteiger partial charge >= 0.3 is 14.3 Å². The highest BCUT2D eigenvalue weighted by atomic mass is 28.4. The van der Waals surface area contributed by atoms with Gasteiger partial charge in [0.2, 0.25) is 5.79 Å². The van der Waals surface area contributed by atoms with Crippen LogP contribution in [0.5, 0.6) is 0 Å². The Morgan fingerprint density at radius 1 is 0.750 bits per heavy atom. The Hall–Kier alpha value is -4.19. The van der Waals surface area contributed by atoms with Gasteiger partial charge in [-0.05, 0) is 148 Å². The van der Waals surface area contributed by atoms with Gasteiger partial charge in [-0.3, -0.25) is 19.2 Å². The van der Waals surface area contributed by atoms with Gasteiger partial charge in [-0.1, -0.05) is 160 Å². The van der Waals surface area contributed by atoms with E-state index in [2.05, 4.69) is 111 Å². The normalized spacial score (nSPS) is 31.6. The molecular weight excluding hydrogens is 1200 g/mol. The average molecular weight is 1320 g/mol. The smallest absolute Gasteiger partial charge is 0.323 e. The van der Waals surface area contributed by atoms with E-state index in [-0.39, 0.29) is 72.0 Å². The molecule has 1 amide bonds. The highest BCUT2D eigenvalue weighted by molar-refractivity contribution is 7.00. The van der Waals surface area contributed by atoms with Crippen molar-refractivity contribution in [2.45, 2.75) is 275 Å². The third kappa shape index (κ3) is 19.3. The van der Waals surface area contributed by atoms with Crippen molar-refractivity contribution < 1.29 is 71.8 Å². The van der Waals surface area contributed by atoms with Crippen molar-refractivity contribution in [1.29, 1.82) is 0 Å². The fraction of sp³-hybridized carbons (Fsp3) is 0.703. The number of ether oxygens (including phenoxy) is 6. The van der Waals surface area contributed by atoms with Crippen LogP contribution >= 0.6 is 0 Å². The number of methoxy groups -OCH3 is 3. The molecule has 2 aromatic rings. The van der Waals surface area contributed by atoms with Crippen LogP contribution in [-0.2, 0) is 56.5 Å². The summed E-state index contributed by atoms with van der Waals surface area (Å²) in [5, 5.41) is 39.2. The lowest BCUT2D eigenvalue weighted by Gasteiger charge is -2.47. The van der Waals surface area contributed by atoms with Crippen LogP contribution in [0.15, 0.2) is 96.6 Å². The molecule has 1 saturated carbocycles. The zero-order valence-corrected chi connectivity index (χ0v) is 60.8. The molecule has 3 N–H and O–H groups in total. The summed E-state index contributed by atoms with van der Waals surface area (Å²) >= 11 is 0. The van der Waals surface area contributed by atoms with Crippen LogP contribution in [0.3, 0.4) is 0 Å².